The summed E-state index contributed by atoms with van der Waals surface area (Å²) in [5.41, 5.74) is -0.266. The van der Waals surface area contributed by atoms with Crippen molar-refractivity contribution in [1.29, 1.82) is 0 Å². The number of carbonyl (C=O) groups excluding carboxylic acids is 2. The van der Waals surface area contributed by atoms with Gasteiger partial charge in [-0.05, 0) is 64.7 Å². The van der Waals surface area contributed by atoms with Crippen LogP contribution in [-0.2, 0) is 19.6 Å². The minimum Gasteiger partial charge on any atom is -0.444 e. The maximum absolute atomic E-state index is 12.7. The third kappa shape index (κ3) is 5.23. The fraction of sp³-hybridized carbons (Fsp3) is 0.579. The molecule has 0 bridgehead atoms. The highest BCUT2D eigenvalue weighted by molar-refractivity contribution is 7.89. The molecule has 9 heteroatoms. The zero-order valence-electron chi connectivity index (χ0n) is 16.4. The Morgan fingerprint density at radius 1 is 1.18 bits per heavy atom. The number of ether oxygens (including phenoxy) is 1. The molecular weight excluding hydrogens is 382 g/mol. The summed E-state index contributed by atoms with van der Waals surface area (Å²) in [5, 5.41) is 2.73. The molecular formula is C19H27N3O5S. The Morgan fingerprint density at radius 2 is 1.89 bits per heavy atom. The van der Waals surface area contributed by atoms with Crippen molar-refractivity contribution < 1.29 is 22.7 Å². The van der Waals surface area contributed by atoms with Gasteiger partial charge in [0.05, 0.1) is 4.90 Å². The fourth-order valence-electron chi connectivity index (χ4n) is 3.03. The van der Waals surface area contributed by atoms with E-state index < -0.39 is 27.8 Å². The molecule has 2 fully saturated rings. The molecule has 2 amide bonds. The molecule has 154 valence electrons. The van der Waals surface area contributed by atoms with Crippen LogP contribution in [0.15, 0.2) is 29.2 Å². The average molecular weight is 410 g/mol. The van der Waals surface area contributed by atoms with Crippen molar-refractivity contribution >= 4 is 27.7 Å². The van der Waals surface area contributed by atoms with E-state index in [-0.39, 0.29) is 16.8 Å². The van der Waals surface area contributed by atoms with E-state index in [1.165, 1.54) is 17.0 Å². The summed E-state index contributed by atoms with van der Waals surface area (Å²) in [6, 6.07) is 5.49. The number of carbonyl (C=O) groups is 2. The molecule has 0 radical (unpaired) electrons. The molecule has 1 heterocycles. The number of sulfonamides is 1. The molecule has 1 saturated heterocycles. The summed E-state index contributed by atoms with van der Waals surface area (Å²) in [4.78, 5) is 26.6. The highest BCUT2D eigenvalue weighted by atomic mass is 32.2. The van der Waals surface area contributed by atoms with Crippen molar-refractivity contribution in [3.05, 3.63) is 24.3 Å². The lowest BCUT2D eigenvalue weighted by Crippen LogP contribution is -2.45. The number of amides is 2. The Labute approximate surface area is 165 Å². The summed E-state index contributed by atoms with van der Waals surface area (Å²) in [6.07, 6.45) is 2.41. The van der Waals surface area contributed by atoms with Crippen LogP contribution in [0, 0.1) is 0 Å². The third-order valence-corrected chi connectivity index (χ3v) is 6.01. The minimum absolute atomic E-state index is 0.00382. The predicted molar refractivity (Wildman–Crippen MR) is 104 cm³/mol. The first-order valence-electron chi connectivity index (χ1n) is 9.48. The molecule has 1 saturated carbocycles. The van der Waals surface area contributed by atoms with Crippen molar-refractivity contribution in [3.63, 3.8) is 0 Å². The van der Waals surface area contributed by atoms with Gasteiger partial charge in [0.25, 0.3) is 0 Å². The number of benzene rings is 1. The highest BCUT2D eigenvalue weighted by Crippen LogP contribution is 2.25. The van der Waals surface area contributed by atoms with E-state index in [0.717, 1.165) is 12.8 Å². The number of rotatable bonds is 5. The number of likely N-dealkylation sites (tertiary alicyclic amines) is 1. The third-order valence-electron chi connectivity index (χ3n) is 4.49. The number of nitrogens with zero attached hydrogens (tertiary/aromatic N) is 1. The van der Waals surface area contributed by atoms with E-state index in [9.17, 15) is 18.0 Å². The molecule has 0 spiro atoms. The smallest absolute Gasteiger partial charge is 0.410 e. The van der Waals surface area contributed by atoms with Crippen LogP contribution in [0.3, 0.4) is 0 Å². The summed E-state index contributed by atoms with van der Waals surface area (Å²) in [5.74, 6) is -0.354. The number of nitrogens with one attached hydrogen (secondary N) is 2. The molecule has 0 aromatic heterocycles. The van der Waals surface area contributed by atoms with Gasteiger partial charge in [-0.15, -0.1) is 0 Å². The molecule has 1 aromatic carbocycles. The van der Waals surface area contributed by atoms with Gasteiger partial charge in [-0.3, -0.25) is 9.69 Å². The van der Waals surface area contributed by atoms with Crippen LogP contribution in [0.4, 0.5) is 10.5 Å². The maximum Gasteiger partial charge on any atom is 0.410 e. The number of anilines is 1. The van der Waals surface area contributed by atoms with Gasteiger partial charge < -0.3 is 10.1 Å². The van der Waals surface area contributed by atoms with Crippen molar-refractivity contribution in [2.45, 2.75) is 69.0 Å². The van der Waals surface area contributed by atoms with Crippen LogP contribution in [0.2, 0.25) is 0 Å². The molecule has 1 aliphatic heterocycles. The van der Waals surface area contributed by atoms with Crippen LogP contribution in [-0.4, -0.2) is 49.5 Å². The zero-order valence-corrected chi connectivity index (χ0v) is 17.2. The van der Waals surface area contributed by atoms with Gasteiger partial charge in [-0.1, -0.05) is 6.07 Å². The fourth-order valence-corrected chi connectivity index (χ4v) is 4.38. The van der Waals surface area contributed by atoms with Crippen LogP contribution in [0.1, 0.15) is 46.5 Å². The molecule has 2 N–H and O–H groups in total. The van der Waals surface area contributed by atoms with Gasteiger partial charge in [-0.25, -0.2) is 17.9 Å². The van der Waals surface area contributed by atoms with Crippen LogP contribution >= 0.6 is 0 Å². The normalized spacial score (nSPS) is 20.1. The zero-order chi connectivity index (χ0) is 20.5. The number of hydrogen-bond acceptors (Lipinski definition) is 5. The first kappa shape index (κ1) is 20.6. The van der Waals surface area contributed by atoms with Crippen LogP contribution in [0.25, 0.3) is 0 Å². The Morgan fingerprint density at radius 3 is 2.54 bits per heavy atom. The van der Waals surface area contributed by atoms with Gasteiger partial charge in [0.2, 0.25) is 15.9 Å². The number of hydrogen-bond donors (Lipinski definition) is 2. The monoisotopic (exact) mass is 409 g/mol. The summed E-state index contributed by atoms with van der Waals surface area (Å²) in [7, 11) is -3.60. The second-order valence-corrected chi connectivity index (χ2v) is 9.96. The Bertz CT molecular complexity index is 859. The molecule has 1 aliphatic carbocycles. The van der Waals surface area contributed by atoms with Gasteiger partial charge >= 0.3 is 6.09 Å². The van der Waals surface area contributed by atoms with E-state index in [1.54, 1.807) is 32.9 Å². The molecule has 8 nitrogen and oxygen atoms in total. The first-order valence-corrected chi connectivity index (χ1v) is 11.0. The highest BCUT2D eigenvalue weighted by Gasteiger charge is 2.36. The van der Waals surface area contributed by atoms with Gasteiger partial charge in [-0.2, -0.15) is 0 Å². The summed E-state index contributed by atoms with van der Waals surface area (Å²) in [6.45, 7) is 5.78. The minimum atomic E-state index is -3.60. The Kier molecular flexibility index (Phi) is 5.67. The van der Waals surface area contributed by atoms with Crippen molar-refractivity contribution in [2.24, 2.45) is 0 Å². The molecule has 3 rings (SSSR count). The topological polar surface area (TPSA) is 105 Å². The molecule has 2 aliphatic rings. The largest absolute Gasteiger partial charge is 0.444 e. The van der Waals surface area contributed by atoms with E-state index in [1.807, 2.05) is 0 Å². The molecule has 1 aromatic rings. The van der Waals surface area contributed by atoms with E-state index in [4.69, 9.17) is 4.74 Å². The van der Waals surface area contributed by atoms with Crippen molar-refractivity contribution in [3.8, 4) is 0 Å². The quantitative estimate of drug-likeness (QED) is 0.777. The van der Waals surface area contributed by atoms with Gasteiger partial charge in [0.1, 0.15) is 11.6 Å². The van der Waals surface area contributed by atoms with Crippen molar-refractivity contribution in [1.82, 2.24) is 9.62 Å². The lowest BCUT2D eigenvalue weighted by atomic mass is 10.2. The van der Waals surface area contributed by atoms with Gasteiger partial charge in [0.15, 0.2) is 0 Å². The van der Waals surface area contributed by atoms with Gasteiger partial charge in [0, 0.05) is 18.3 Å². The molecule has 1 atom stereocenters. The second-order valence-electron chi connectivity index (χ2n) is 8.24. The van der Waals surface area contributed by atoms with E-state index in [2.05, 4.69) is 10.0 Å². The van der Waals surface area contributed by atoms with Crippen LogP contribution in [0.5, 0.6) is 0 Å². The predicted octanol–water partition coefficient (Wildman–Crippen LogP) is 2.47. The summed E-state index contributed by atoms with van der Waals surface area (Å²) >= 11 is 0. The van der Waals surface area contributed by atoms with Crippen LogP contribution < -0.4 is 10.0 Å². The lowest BCUT2D eigenvalue weighted by molar-refractivity contribution is -0.120. The summed E-state index contributed by atoms with van der Waals surface area (Å²) < 4.78 is 32.7. The Hall–Kier alpha value is -2.13. The van der Waals surface area contributed by atoms with E-state index >= 15 is 0 Å². The SMILES string of the molecule is CC(C)(C)OC(=O)N1CCCC1C(=O)Nc1cccc(S(=O)(=O)NC2CC2)c1. The van der Waals surface area contributed by atoms with E-state index in [0.29, 0.717) is 25.1 Å². The maximum atomic E-state index is 12.7. The molecule has 28 heavy (non-hydrogen) atoms. The molecule has 1 unspecified atom stereocenters. The van der Waals surface area contributed by atoms with Crippen molar-refractivity contribution in [2.75, 3.05) is 11.9 Å². The first-order chi connectivity index (χ1) is 13.0. The standard InChI is InChI=1S/C19H27N3O5S/c1-19(2,3)27-18(24)22-11-5-8-16(22)17(23)20-14-6-4-7-15(12-14)28(25,26)21-13-9-10-13/h4,6-7,12-13,16,21H,5,8-11H2,1-3H3,(H,20,23). The lowest BCUT2D eigenvalue weighted by Gasteiger charge is -2.28. The average Bonchev–Trinajstić information content (AvgIpc) is 3.23. The Balaban J connectivity index is 1.68. The second kappa shape index (κ2) is 7.71.